The molecule has 1 N–H and O–H groups in total. The summed E-state index contributed by atoms with van der Waals surface area (Å²) in [6.07, 6.45) is 2.57. The largest absolute Gasteiger partial charge is 0.368 e. The summed E-state index contributed by atoms with van der Waals surface area (Å²) in [5.74, 6) is -0.0513. The fraction of sp³-hybridized carbons (Fsp3) is 0.214. The smallest absolute Gasteiger partial charge is 0.264 e. The third kappa shape index (κ3) is 4.90. The Kier molecular flexibility index (Phi) is 6.61. The molecule has 8 heteroatoms. The van der Waals surface area contributed by atoms with Crippen LogP contribution in [0.5, 0.6) is 0 Å². The summed E-state index contributed by atoms with van der Waals surface area (Å²) in [5, 5.41) is 0.750. The van der Waals surface area contributed by atoms with Crippen molar-refractivity contribution in [3.63, 3.8) is 0 Å². The molecule has 0 saturated carbocycles. The van der Waals surface area contributed by atoms with Crippen LogP contribution < -0.4 is 9.62 Å². The van der Waals surface area contributed by atoms with Gasteiger partial charge in [-0.2, -0.15) is 0 Å². The molecule has 1 aliphatic heterocycles. The minimum atomic E-state index is -3.84. The summed E-state index contributed by atoms with van der Waals surface area (Å²) in [6.45, 7) is 4.97. The molecule has 4 aromatic rings. The van der Waals surface area contributed by atoms with Gasteiger partial charge in [0.05, 0.1) is 5.52 Å². The van der Waals surface area contributed by atoms with Crippen molar-refractivity contribution < 1.29 is 13.2 Å². The van der Waals surface area contributed by atoms with Crippen LogP contribution in [0.2, 0.25) is 0 Å². The molecule has 1 fully saturated rings. The number of aromatic nitrogens is 1. The van der Waals surface area contributed by atoms with Crippen molar-refractivity contribution in [3.8, 4) is 0 Å². The highest BCUT2D eigenvalue weighted by atomic mass is 32.2. The molecule has 0 atom stereocenters. The summed E-state index contributed by atoms with van der Waals surface area (Å²) >= 11 is 0. The maximum Gasteiger partial charge on any atom is 0.264 e. The molecule has 0 unspecified atom stereocenters. The van der Waals surface area contributed by atoms with E-state index in [1.807, 2.05) is 17.0 Å². The van der Waals surface area contributed by atoms with Gasteiger partial charge in [0.1, 0.15) is 4.90 Å². The maximum atomic E-state index is 13.1. The second kappa shape index (κ2) is 9.99. The van der Waals surface area contributed by atoms with Crippen LogP contribution in [0.4, 0.5) is 11.4 Å². The van der Waals surface area contributed by atoms with E-state index in [4.69, 9.17) is 0 Å². The minimum absolute atomic E-state index is 0.0513. The molecule has 1 saturated heterocycles. The van der Waals surface area contributed by atoms with Gasteiger partial charge in [-0.25, -0.2) is 8.42 Å². The van der Waals surface area contributed by atoms with Gasteiger partial charge in [-0.05, 0) is 60.5 Å². The van der Waals surface area contributed by atoms with Crippen LogP contribution in [0.15, 0.2) is 90.0 Å². The average molecular weight is 501 g/mol. The maximum absolute atomic E-state index is 13.1. The molecule has 0 radical (unpaired) electrons. The first-order valence-electron chi connectivity index (χ1n) is 12.0. The van der Waals surface area contributed by atoms with E-state index in [0.717, 1.165) is 24.9 Å². The number of hydrogen-bond donors (Lipinski definition) is 1. The van der Waals surface area contributed by atoms with Gasteiger partial charge in [0, 0.05) is 54.7 Å². The zero-order chi connectivity index (χ0) is 25.1. The molecule has 0 aliphatic carbocycles. The number of fused-ring (bicyclic) bond motifs is 1. The van der Waals surface area contributed by atoms with Gasteiger partial charge >= 0.3 is 0 Å². The van der Waals surface area contributed by atoms with Crippen molar-refractivity contribution in [2.24, 2.45) is 0 Å². The van der Waals surface area contributed by atoms with Crippen LogP contribution >= 0.6 is 0 Å². The average Bonchev–Trinajstić information content (AvgIpc) is 2.92. The number of anilines is 2. The van der Waals surface area contributed by atoms with E-state index in [2.05, 4.69) is 45.8 Å². The van der Waals surface area contributed by atoms with Crippen LogP contribution in [0, 0.1) is 0 Å². The monoisotopic (exact) mass is 500 g/mol. The van der Waals surface area contributed by atoms with Gasteiger partial charge in [0.15, 0.2) is 0 Å². The molecular formula is C28H28N4O3S. The molecule has 1 amide bonds. The number of carbonyl (C=O) groups is 1. The molecule has 5 rings (SSSR count). The predicted molar refractivity (Wildman–Crippen MR) is 143 cm³/mol. The number of rotatable bonds is 6. The second-order valence-electron chi connectivity index (χ2n) is 8.82. The number of pyridine rings is 1. The normalized spacial score (nSPS) is 14.1. The first-order valence-corrected chi connectivity index (χ1v) is 13.5. The fourth-order valence-corrected chi connectivity index (χ4v) is 5.75. The van der Waals surface area contributed by atoms with E-state index in [9.17, 15) is 13.2 Å². The van der Waals surface area contributed by atoms with Crippen LogP contribution in [-0.2, 0) is 16.4 Å². The highest BCUT2D eigenvalue weighted by molar-refractivity contribution is 7.93. The molecule has 1 aliphatic rings. The van der Waals surface area contributed by atoms with E-state index in [1.54, 1.807) is 42.6 Å². The number of nitrogens with zero attached hydrogens (tertiary/aromatic N) is 3. The lowest BCUT2D eigenvalue weighted by molar-refractivity contribution is 0.0747. The van der Waals surface area contributed by atoms with Crippen molar-refractivity contribution in [3.05, 3.63) is 96.2 Å². The molecule has 2 heterocycles. The number of amides is 1. The van der Waals surface area contributed by atoms with Crippen molar-refractivity contribution in [2.75, 3.05) is 35.8 Å². The zero-order valence-corrected chi connectivity index (χ0v) is 20.9. The Morgan fingerprint density at radius 1 is 0.917 bits per heavy atom. The van der Waals surface area contributed by atoms with E-state index < -0.39 is 10.0 Å². The van der Waals surface area contributed by atoms with Gasteiger partial charge in [-0.1, -0.05) is 37.3 Å². The lowest BCUT2D eigenvalue weighted by atomic mass is 10.1. The Morgan fingerprint density at radius 3 is 2.39 bits per heavy atom. The van der Waals surface area contributed by atoms with Crippen LogP contribution in [0.25, 0.3) is 10.9 Å². The number of sulfonamides is 1. The Morgan fingerprint density at radius 2 is 1.64 bits per heavy atom. The van der Waals surface area contributed by atoms with Gasteiger partial charge < -0.3 is 9.80 Å². The van der Waals surface area contributed by atoms with Crippen LogP contribution in [0.3, 0.4) is 0 Å². The lowest BCUT2D eigenvalue weighted by Gasteiger charge is -2.36. The topological polar surface area (TPSA) is 82.6 Å². The molecule has 1 aromatic heterocycles. The molecule has 0 spiro atoms. The molecule has 184 valence electrons. The lowest BCUT2D eigenvalue weighted by Crippen LogP contribution is -2.48. The zero-order valence-electron chi connectivity index (χ0n) is 20.1. The molecule has 36 heavy (non-hydrogen) atoms. The van der Waals surface area contributed by atoms with Gasteiger partial charge in [0.2, 0.25) is 0 Å². The second-order valence-corrected chi connectivity index (χ2v) is 10.5. The van der Waals surface area contributed by atoms with E-state index in [0.29, 0.717) is 29.9 Å². The van der Waals surface area contributed by atoms with Gasteiger partial charge in [-0.15, -0.1) is 0 Å². The number of piperazine rings is 1. The number of hydrogen-bond acceptors (Lipinski definition) is 5. The SMILES string of the molecule is CCc1cccc(N2CCN(C(=O)c3ccc(NS(=O)(=O)c4cccc5cccnc45)cc3)CC2)c1. The van der Waals surface area contributed by atoms with Crippen LogP contribution in [0.1, 0.15) is 22.8 Å². The standard InChI is InChI=1S/C28H28N4O3S/c1-2-21-6-3-9-25(20-21)31-16-18-32(19-17-31)28(33)23-11-13-24(14-12-23)30-36(34,35)26-10-4-7-22-8-5-15-29-27(22)26/h3-15,20,30H,2,16-19H2,1H3. The number of aryl methyl sites for hydroxylation is 1. The first kappa shape index (κ1) is 23.8. The molecule has 0 bridgehead atoms. The van der Waals surface area contributed by atoms with Crippen molar-refractivity contribution in [2.45, 2.75) is 18.2 Å². The summed E-state index contributed by atoms with van der Waals surface area (Å²) in [5.41, 5.74) is 3.84. The molecule has 3 aromatic carbocycles. The number of nitrogens with one attached hydrogen (secondary N) is 1. The number of benzene rings is 3. The van der Waals surface area contributed by atoms with Crippen molar-refractivity contribution in [1.29, 1.82) is 0 Å². The van der Waals surface area contributed by atoms with Gasteiger partial charge in [0.25, 0.3) is 15.9 Å². The third-order valence-corrected chi connectivity index (χ3v) is 7.93. The third-order valence-electron chi connectivity index (χ3n) is 6.52. The van der Waals surface area contributed by atoms with Crippen molar-refractivity contribution >= 4 is 38.2 Å². The minimum Gasteiger partial charge on any atom is -0.368 e. The Labute approximate surface area is 211 Å². The van der Waals surface area contributed by atoms with E-state index >= 15 is 0 Å². The Hall–Kier alpha value is -3.91. The number of carbonyl (C=O) groups excluding carboxylic acids is 1. The summed E-state index contributed by atoms with van der Waals surface area (Å²) in [4.78, 5) is 21.6. The molecular weight excluding hydrogens is 472 g/mol. The Bertz CT molecular complexity index is 1490. The van der Waals surface area contributed by atoms with Gasteiger partial charge in [-0.3, -0.25) is 14.5 Å². The van der Waals surface area contributed by atoms with Crippen LogP contribution in [-0.4, -0.2) is 50.4 Å². The fourth-order valence-electron chi connectivity index (χ4n) is 4.51. The number of para-hydroxylation sites is 1. The Balaban J connectivity index is 1.24. The molecule has 7 nitrogen and oxygen atoms in total. The van der Waals surface area contributed by atoms with E-state index in [1.165, 1.54) is 17.3 Å². The quantitative estimate of drug-likeness (QED) is 0.420. The summed E-state index contributed by atoms with van der Waals surface area (Å²) in [7, 11) is -3.84. The summed E-state index contributed by atoms with van der Waals surface area (Å²) < 4.78 is 28.7. The predicted octanol–water partition coefficient (Wildman–Crippen LogP) is 4.56. The van der Waals surface area contributed by atoms with Crippen molar-refractivity contribution in [1.82, 2.24) is 9.88 Å². The summed E-state index contributed by atoms with van der Waals surface area (Å²) in [6, 6.07) is 23.8. The van der Waals surface area contributed by atoms with E-state index in [-0.39, 0.29) is 10.8 Å². The highest BCUT2D eigenvalue weighted by Crippen LogP contribution is 2.24. The highest BCUT2D eigenvalue weighted by Gasteiger charge is 2.23. The first-order chi connectivity index (χ1) is 17.4.